The lowest BCUT2D eigenvalue weighted by Gasteiger charge is -2.22. The monoisotopic (exact) mass is 267 g/mol. The van der Waals surface area contributed by atoms with Crippen LogP contribution in [0.15, 0.2) is 18.2 Å². The number of amides is 1. The Morgan fingerprint density at radius 2 is 2.17 bits per heavy atom. The van der Waals surface area contributed by atoms with Gasteiger partial charge in [-0.25, -0.2) is 4.79 Å². The van der Waals surface area contributed by atoms with Crippen LogP contribution >= 0.6 is 11.6 Å². The third kappa shape index (κ3) is 2.34. The maximum atomic E-state index is 12.3. The van der Waals surface area contributed by atoms with Gasteiger partial charge < -0.3 is 10.0 Å². The summed E-state index contributed by atoms with van der Waals surface area (Å²) in [6.07, 6.45) is 1.25. The maximum Gasteiger partial charge on any atom is 0.326 e. The summed E-state index contributed by atoms with van der Waals surface area (Å²) in [6.45, 7) is 2.29. The molecule has 1 atom stereocenters. The highest BCUT2D eigenvalue weighted by Gasteiger charge is 2.34. The second-order valence-corrected chi connectivity index (χ2v) is 4.89. The van der Waals surface area contributed by atoms with Gasteiger partial charge in [0, 0.05) is 17.1 Å². The number of carbonyl (C=O) groups is 2. The van der Waals surface area contributed by atoms with Gasteiger partial charge in [-0.1, -0.05) is 11.6 Å². The Bertz CT molecular complexity index is 501. The molecule has 96 valence electrons. The van der Waals surface area contributed by atoms with Crippen molar-refractivity contribution in [2.75, 3.05) is 6.54 Å². The standard InChI is InChI=1S/C13H14ClNO3/c1-8-7-9(14)4-5-10(8)12(16)15-6-2-3-11(15)13(17)18/h4-5,7,11H,2-3,6H2,1H3,(H,17,18)/t11-/m1/s1. The first-order valence-corrected chi connectivity index (χ1v) is 6.18. The van der Waals surface area contributed by atoms with E-state index in [4.69, 9.17) is 16.7 Å². The fraction of sp³-hybridized carbons (Fsp3) is 0.385. The van der Waals surface area contributed by atoms with Crippen LogP contribution in [0, 0.1) is 6.92 Å². The fourth-order valence-corrected chi connectivity index (χ4v) is 2.51. The topological polar surface area (TPSA) is 57.6 Å². The zero-order valence-electron chi connectivity index (χ0n) is 10.0. The van der Waals surface area contributed by atoms with Gasteiger partial charge in [-0.2, -0.15) is 0 Å². The minimum absolute atomic E-state index is 0.228. The van der Waals surface area contributed by atoms with Gasteiger partial charge in [0.05, 0.1) is 0 Å². The van der Waals surface area contributed by atoms with E-state index < -0.39 is 12.0 Å². The van der Waals surface area contributed by atoms with E-state index in [9.17, 15) is 9.59 Å². The van der Waals surface area contributed by atoms with Crippen LogP contribution in [-0.2, 0) is 4.79 Å². The molecule has 1 saturated heterocycles. The van der Waals surface area contributed by atoms with Crippen molar-refractivity contribution in [3.05, 3.63) is 34.3 Å². The number of carboxylic acids is 1. The zero-order valence-corrected chi connectivity index (χ0v) is 10.8. The molecule has 0 unspecified atom stereocenters. The molecule has 1 aromatic carbocycles. The van der Waals surface area contributed by atoms with Crippen molar-refractivity contribution >= 4 is 23.5 Å². The Labute approximate surface area is 110 Å². The highest BCUT2D eigenvalue weighted by atomic mass is 35.5. The predicted molar refractivity (Wildman–Crippen MR) is 67.9 cm³/mol. The number of carboxylic acid groups (broad SMARTS) is 1. The minimum atomic E-state index is -0.938. The van der Waals surface area contributed by atoms with Gasteiger partial charge in [-0.15, -0.1) is 0 Å². The lowest BCUT2D eigenvalue weighted by Crippen LogP contribution is -2.40. The molecule has 1 N–H and O–H groups in total. The first kappa shape index (κ1) is 12.9. The number of hydrogen-bond acceptors (Lipinski definition) is 2. The van der Waals surface area contributed by atoms with Crippen molar-refractivity contribution in [2.45, 2.75) is 25.8 Å². The molecule has 1 fully saturated rings. The number of halogens is 1. The van der Waals surface area contributed by atoms with Crippen LogP contribution in [0.2, 0.25) is 5.02 Å². The molecular formula is C13H14ClNO3. The van der Waals surface area contributed by atoms with Gasteiger partial charge in [0.25, 0.3) is 5.91 Å². The maximum absolute atomic E-state index is 12.3. The second-order valence-electron chi connectivity index (χ2n) is 4.45. The summed E-state index contributed by atoms with van der Waals surface area (Å²) in [5, 5.41) is 9.65. The van der Waals surface area contributed by atoms with Crippen LogP contribution in [0.1, 0.15) is 28.8 Å². The van der Waals surface area contributed by atoms with Crippen LogP contribution in [0.5, 0.6) is 0 Å². The van der Waals surface area contributed by atoms with E-state index in [2.05, 4.69) is 0 Å². The highest BCUT2D eigenvalue weighted by molar-refractivity contribution is 6.30. The predicted octanol–water partition coefficient (Wildman–Crippen LogP) is 2.34. The molecule has 1 aromatic rings. The Morgan fingerprint density at radius 1 is 1.44 bits per heavy atom. The molecule has 0 aliphatic carbocycles. The van der Waals surface area contributed by atoms with Crippen molar-refractivity contribution in [2.24, 2.45) is 0 Å². The summed E-state index contributed by atoms with van der Waals surface area (Å²) >= 11 is 5.84. The van der Waals surface area contributed by atoms with Crippen molar-refractivity contribution in [3.8, 4) is 0 Å². The van der Waals surface area contributed by atoms with Gasteiger partial charge in [0.2, 0.25) is 0 Å². The number of benzene rings is 1. The SMILES string of the molecule is Cc1cc(Cl)ccc1C(=O)N1CCC[C@@H]1C(=O)O. The number of hydrogen-bond donors (Lipinski definition) is 1. The molecule has 2 rings (SSSR count). The van der Waals surface area contributed by atoms with E-state index in [1.165, 1.54) is 4.90 Å². The molecule has 0 bridgehead atoms. The number of likely N-dealkylation sites (tertiary alicyclic amines) is 1. The van der Waals surface area contributed by atoms with E-state index in [0.717, 1.165) is 12.0 Å². The van der Waals surface area contributed by atoms with Crippen molar-refractivity contribution in [1.82, 2.24) is 4.90 Å². The molecule has 18 heavy (non-hydrogen) atoms. The number of aliphatic carboxylic acids is 1. The average molecular weight is 268 g/mol. The first-order chi connectivity index (χ1) is 8.50. The number of aryl methyl sites for hydroxylation is 1. The van der Waals surface area contributed by atoms with Crippen molar-refractivity contribution in [3.63, 3.8) is 0 Å². The molecule has 0 aromatic heterocycles. The van der Waals surface area contributed by atoms with Gasteiger partial charge in [-0.3, -0.25) is 4.79 Å². The van der Waals surface area contributed by atoms with E-state index >= 15 is 0 Å². The quantitative estimate of drug-likeness (QED) is 0.895. The van der Waals surface area contributed by atoms with E-state index in [1.807, 2.05) is 0 Å². The van der Waals surface area contributed by atoms with Crippen molar-refractivity contribution in [1.29, 1.82) is 0 Å². The molecule has 1 amide bonds. The van der Waals surface area contributed by atoms with E-state index in [1.54, 1.807) is 25.1 Å². The zero-order chi connectivity index (χ0) is 13.3. The lowest BCUT2D eigenvalue weighted by molar-refractivity contribution is -0.141. The molecule has 1 aliphatic rings. The van der Waals surface area contributed by atoms with Gasteiger partial charge in [0.15, 0.2) is 0 Å². The van der Waals surface area contributed by atoms with E-state index in [-0.39, 0.29) is 5.91 Å². The second kappa shape index (κ2) is 4.98. The molecule has 1 heterocycles. The fourth-order valence-electron chi connectivity index (χ4n) is 2.29. The highest BCUT2D eigenvalue weighted by Crippen LogP contribution is 2.23. The lowest BCUT2D eigenvalue weighted by atomic mass is 10.1. The van der Waals surface area contributed by atoms with Gasteiger partial charge >= 0.3 is 5.97 Å². The molecule has 0 radical (unpaired) electrons. The summed E-state index contributed by atoms with van der Waals surface area (Å²) in [7, 11) is 0. The molecule has 4 nitrogen and oxygen atoms in total. The normalized spacial score (nSPS) is 19.0. The molecule has 5 heteroatoms. The van der Waals surface area contributed by atoms with Crippen LogP contribution in [0.25, 0.3) is 0 Å². The summed E-state index contributed by atoms with van der Waals surface area (Å²) in [6, 6.07) is 4.30. The smallest absolute Gasteiger partial charge is 0.326 e. The van der Waals surface area contributed by atoms with Gasteiger partial charge in [-0.05, 0) is 43.5 Å². The number of nitrogens with zero attached hydrogens (tertiary/aromatic N) is 1. The van der Waals surface area contributed by atoms with Gasteiger partial charge in [0.1, 0.15) is 6.04 Å². The number of rotatable bonds is 2. The third-order valence-corrected chi connectivity index (χ3v) is 3.45. The Balaban J connectivity index is 2.28. The summed E-state index contributed by atoms with van der Waals surface area (Å²) in [5.74, 6) is -1.17. The van der Waals surface area contributed by atoms with Crippen LogP contribution in [0.3, 0.4) is 0 Å². The Hall–Kier alpha value is -1.55. The summed E-state index contributed by atoms with van der Waals surface area (Å²) in [5.41, 5.74) is 1.29. The van der Waals surface area contributed by atoms with Crippen molar-refractivity contribution < 1.29 is 14.7 Å². The summed E-state index contributed by atoms with van der Waals surface area (Å²) in [4.78, 5) is 24.8. The molecule has 0 saturated carbocycles. The Morgan fingerprint density at radius 3 is 2.78 bits per heavy atom. The van der Waals surface area contributed by atoms with Crippen LogP contribution in [-0.4, -0.2) is 34.5 Å². The largest absolute Gasteiger partial charge is 0.480 e. The minimum Gasteiger partial charge on any atom is -0.480 e. The third-order valence-electron chi connectivity index (χ3n) is 3.22. The van der Waals surface area contributed by atoms with Crippen LogP contribution < -0.4 is 0 Å². The summed E-state index contributed by atoms with van der Waals surface area (Å²) < 4.78 is 0. The Kier molecular flexibility index (Phi) is 3.57. The van der Waals surface area contributed by atoms with E-state index in [0.29, 0.717) is 23.6 Å². The molecule has 0 spiro atoms. The molecule has 1 aliphatic heterocycles. The average Bonchev–Trinajstić information content (AvgIpc) is 2.77. The number of carbonyl (C=O) groups excluding carboxylic acids is 1. The first-order valence-electron chi connectivity index (χ1n) is 5.80. The molecular weight excluding hydrogens is 254 g/mol. The van der Waals surface area contributed by atoms with Crippen LogP contribution in [0.4, 0.5) is 0 Å².